The van der Waals surface area contributed by atoms with Gasteiger partial charge in [0.25, 0.3) is 0 Å². The Bertz CT molecular complexity index is 659. The maximum Gasteiger partial charge on any atom is 0.0670 e. The fourth-order valence-electron chi connectivity index (χ4n) is 2.24. The molecule has 1 unspecified atom stereocenters. The van der Waals surface area contributed by atoms with Crippen LogP contribution in [0.4, 0.5) is 11.4 Å². The van der Waals surface area contributed by atoms with Gasteiger partial charge in [-0.1, -0.05) is 23.7 Å². The SMILES string of the molecule is CC(c1ccc(Cl)cc1)N(C)c1ccc(N)c(CC#N)c1. The van der Waals surface area contributed by atoms with E-state index in [0.29, 0.717) is 12.1 Å². The van der Waals surface area contributed by atoms with Gasteiger partial charge in [-0.2, -0.15) is 5.26 Å². The summed E-state index contributed by atoms with van der Waals surface area (Å²) in [4.78, 5) is 2.16. The average Bonchev–Trinajstić information content (AvgIpc) is 2.49. The summed E-state index contributed by atoms with van der Waals surface area (Å²) in [5.41, 5.74) is 9.64. The number of hydrogen-bond acceptors (Lipinski definition) is 3. The molecule has 0 saturated heterocycles. The van der Waals surface area contributed by atoms with E-state index in [2.05, 4.69) is 17.9 Å². The molecule has 0 amide bonds. The number of benzene rings is 2. The van der Waals surface area contributed by atoms with Crippen molar-refractivity contribution >= 4 is 23.0 Å². The highest BCUT2D eigenvalue weighted by Crippen LogP contribution is 2.28. The lowest BCUT2D eigenvalue weighted by Crippen LogP contribution is -2.21. The summed E-state index contributed by atoms with van der Waals surface area (Å²) in [5, 5.41) is 9.59. The third-order valence-corrected chi connectivity index (χ3v) is 3.99. The summed E-state index contributed by atoms with van der Waals surface area (Å²) in [6.07, 6.45) is 0.322. The van der Waals surface area contributed by atoms with E-state index >= 15 is 0 Å². The summed E-state index contributed by atoms with van der Waals surface area (Å²) in [7, 11) is 2.03. The molecular formula is C17H18ClN3. The highest BCUT2D eigenvalue weighted by molar-refractivity contribution is 6.30. The highest BCUT2D eigenvalue weighted by Gasteiger charge is 2.13. The summed E-state index contributed by atoms with van der Waals surface area (Å²) < 4.78 is 0. The van der Waals surface area contributed by atoms with Gasteiger partial charge in [0.1, 0.15) is 0 Å². The molecule has 0 aliphatic rings. The minimum atomic E-state index is 0.195. The molecule has 0 aliphatic heterocycles. The van der Waals surface area contributed by atoms with Crippen molar-refractivity contribution in [3.8, 4) is 6.07 Å². The molecule has 0 heterocycles. The quantitative estimate of drug-likeness (QED) is 0.861. The first-order valence-corrected chi connectivity index (χ1v) is 7.14. The van der Waals surface area contributed by atoms with E-state index in [1.165, 1.54) is 5.56 Å². The van der Waals surface area contributed by atoms with Crippen LogP contribution in [0.5, 0.6) is 0 Å². The fraction of sp³-hybridized carbons (Fsp3) is 0.235. The van der Waals surface area contributed by atoms with Crippen LogP contribution in [0.15, 0.2) is 42.5 Å². The summed E-state index contributed by atoms with van der Waals surface area (Å²) >= 11 is 5.93. The van der Waals surface area contributed by atoms with Crippen molar-refractivity contribution in [2.45, 2.75) is 19.4 Å². The van der Waals surface area contributed by atoms with Crippen molar-refractivity contribution in [1.29, 1.82) is 5.26 Å². The molecule has 4 heteroatoms. The van der Waals surface area contributed by atoms with Crippen LogP contribution in [0.25, 0.3) is 0 Å². The lowest BCUT2D eigenvalue weighted by Gasteiger charge is -2.28. The summed E-state index contributed by atoms with van der Waals surface area (Å²) in [6.45, 7) is 2.13. The van der Waals surface area contributed by atoms with Crippen LogP contribution >= 0.6 is 11.6 Å². The van der Waals surface area contributed by atoms with Gasteiger partial charge in [0.15, 0.2) is 0 Å². The summed E-state index contributed by atoms with van der Waals surface area (Å²) in [5.74, 6) is 0. The predicted molar refractivity (Wildman–Crippen MR) is 88.4 cm³/mol. The maximum absolute atomic E-state index is 8.86. The Kier molecular flexibility index (Phi) is 4.72. The first-order valence-electron chi connectivity index (χ1n) is 6.76. The third kappa shape index (κ3) is 3.48. The minimum absolute atomic E-state index is 0.195. The van der Waals surface area contributed by atoms with Crippen LogP contribution in [0.1, 0.15) is 24.1 Å². The summed E-state index contributed by atoms with van der Waals surface area (Å²) in [6, 6.07) is 16.0. The Morgan fingerprint density at radius 1 is 1.24 bits per heavy atom. The Morgan fingerprint density at radius 2 is 1.90 bits per heavy atom. The molecule has 0 aromatic heterocycles. The average molecular weight is 300 g/mol. The smallest absolute Gasteiger partial charge is 0.0670 e. The van der Waals surface area contributed by atoms with Gasteiger partial charge in [-0.15, -0.1) is 0 Å². The molecule has 2 rings (SSSR count). The molecule has 0 bridgehead atoms. The number of anilines is 2. The van der Waals surface area contributed by atoms with Crippen molar-refractivity contribution in [3.05, 3.63) is 58.6 Å². The van der Waals surface area contributed by atoms with Crippen molar-refractivity contribution in [2.75, 3.05) is 17.7 Å². The Hall–Kier alpha value is -2.18. The molecule has 2 N–H and O–H groups in total. The molecule has 3 nitrogen and oxygen atoms in total. The van der Waals surface area contributed by atoms with Gasteiger partial charge in [-0.05, 0) is 48.4 Å². The fourth-order valence-corrected chi connectivity index (χ4v) is 2.36. The van der Waals surface area contributed by atoms with E-state index in [9.17, 15) is 0 Å². The van der Waals surface area contributed by atoms with E-state index in [0.717, 1.165) is 16.3 Å². The van der Waals surface area contributed by atoms with Gasteiger partial charge in [0.2, 0.25) is 0 Å². The van der Waals surface area contributed by atoms with Crippen molar-refractivity contribution in [3.63, 3.8) is 0 Å². The molecule has 1 atom stereocenters. The topological polar surface area (TPSA) is 53.0 Å². The maximum atomic E-state index is 8.86. The number of hydrogen-bond donors (Lipinski definition) is 1. The number of nitriles is 1. The molecule has 0 spiro atoms. The Morgan fingerprint density at radius 3 is 2.52 bits per heavy atom. The molecule has 0 aliphatic carbocycles. The zero-order chi connectivity index (χ0) is 15.4. The second kappa shape index (κ2) is 6.51. The normalized spacial score (nSPS) is 11.7. The monoisotopic (exact) mass is 299 g/mol. The van der Waals surface area contributed by atoms with E-state index in [-0.39, 0.29) is 6.04 Å². The van der Waals surface area contributed by atoms with E-state index in [4.69, 9.17) is 22.6 Å². The van der Waals surface area contributed by atoms with Crippen LogP contribution in [-0.4, -0.2) is 7.05 Å². The minimum Gasteiger partial charge on any atom is -0.398 e. The number of halogens is 1. The predicted octanol–water partition coefficient (Wildman–Crippen LogP) is 4.19. The molecule has 0 radical (unpaired) electrons. The largest absolute Gasteiger partial charge is 0.398 e. The van der Waals surface area contributed by atoms with Gasteiger partial charge in [-0.25, -0.2) is 0 Å². The van der Waals surface area contributed by atoms with E-state index in [1.54, 1.807) is 0 Å². The number of nitrogens with two attached hydrogens (primary N) is 1. The van der Waals surface area contributed by atoms with E-state index in [1.807, 2.05) is 49.5 Å². The van der Waals surface area contributed by atoms with Crippen molar-refractivity contribution in [1.82, 2.24) is 0 Å². The van der Waals surface area contributed by atoms with Gasteiger partial charge < -0.3 is 10.6 Å². The van der Waals surface area contributed by atoms with Crippen molar-refractivity contribution < 1.29 is 0 Å². The van der Waals surface area contributed by atoms with Crippen LogP contribution in [0.2, 0.25) is 5.02 Å². The van der Waals surface area contributed by atoms with Gasteiger partial charge in [0, 0.05) is 23.4 Å². The van der Waals surface area contributed by atoms with Gasteiger partial charge >= 0.3 is 0 Å². The second-order valence-corrected chi connectivity index (χ2v) is 5.49. The van der Waals surface area contributed by atoms with Crippen LogP contribution in [-0.2, 0) is 6.42 Å². The molecule has 2 aromatic carbocycles. The molecule has 21 heavy (non-hydrogen) atoms. The van der Waals surface area contributed by atoms with E-state index < -0.39 is 0 Å². The Labute approximate surface area is 130 Å². The Balaban J connectivity index is 2.27. The van der Waals surface area contributed by atoms with Crippen molar-refractivity contribution in [2.24, 2.45) is 0 Å². The molecule has 0 saturated carbocycles. The standard InChI is InChI=1S/C17H18ClN3/c1-12(13-3-5-15(18)6-4-13)21(2)16-7-8-17(20)14(11-16)9-10-19/h3-8,11-12H,9,20H2,1-2H3. The third-order valence-electron chi connectivity index (χ3n) is 3.74. The zero-order valence-corrected chi connectivity index (χ0v) is 12.9. The zero-order valence-electron chi connectivity index (χ0n) is 12.2. The molecule has 108 valence electrons. The number of nitrogens with zero attached hydrogens (tertiary/aromatic N) is 2. The molecular weight excluding hydrogens is 282 g/mol. The second-order valence-electron chi connectivity index (χ2n) is 5.06. The lowest BCUT2D eigenvalue weighted by atomic mass is 10.0. The van der Waals surface area contributed by atoms with Crippen LogP contribution in [0.3, 0.4) is 0 Å². The van der Waals surface area contributed by atoms with Crippen LogP contribution in [0, 0.1) is 11.3 Å². The van der Waals surface area contributed by atoms with Gasteiger partial charge in [-0.3, -0.25) is 0 Å². The first-order chi connectivity index (χ1) is 10.0. The molecule has 2 aromatic rings. The molecule has 0 fully saturated rings. The number of rotatable bonds is 4. The van der Waals surface area contributed by atoms with Crippen LogP contribution < -0.4 is 10.6 Å². The van der Waals surface area contributed by atoms with Gasteiger partial charge in [0.05, 0.1) is 18.5 Å². The lowest BCUT2D eigenvalue weighted by molar-refractivity contribution is 0.739. The first kappa shape index (κ1) is 15.2. The number of nitrogen functional groups attached to an aromatic ring is 1. The highest BCUT2D eigenvalue weighted by atomic mass is 35.5.